The van der Waals surface area contributed by atoms with Crippen LogP contribution in [0.1, 0.15) is 118 Å². The van der Waals surface area contributed by atoms with Gasteiger partial charge < -0.3 is 114 Å². The zero-order chi connectivity index (χ0) is 76.0. The Balaban J connectivity index is 1.58. The van der Waals surface area contributed by atoms with Crippen LogP contribution in [0.3, 0.4) is 0 Å². The standard InChI is InChI=1S/C62H74O40/c1-21(63)81-17-37-45(85-25(5)67)51(87-27(7)69)55(91-31(11)73)59(95-37)99-47-39(19-83-23(3)65)97-61(57(93-33(13)75)53(47)89-29(9)71)101-49-43(79)41-35(77)15-16-36(78)42(41)44(80)50(49)102-62-58(94-34(14)76)54(90-30(10)72)48(40(98-62)20-84-24(4)66)100-60-56(92-32(12)74)52(88-28(8)70)46(86-26(6)68)38(96-60)18-82-22(2)64/h15-16,37-40,45-48,51-62,77-78H,17-20H2,1-14H3. The maximum Gasteiger partial charge on any atom is 0.303 e. The van der Waals surface area contributed by atoms with E-state index in [-0.39, 0.29) is 0 Å². The Morgan fingerprint density at radius 1 is 0.284 bits per heavy atom. The third kappa shape index (κ3) is 21.2. The molecule has 6 rings (SSSR count). The number of rotatable bonds is 26. The van der Waals surface area contributed by atoms with Gasteiger partial charge in [0.05, 0.1) is 11.1 Å². The van der Waals surface area contributed by atoms with Gasteiger partial charge in [-0.25, -0.2) is 0 Å². The van der Waals surface area contributed by atoms with E-state index >= 15 is 9.59 Å². The molecular formula is C62H74O40. The number of phenolic OH excluding ortho intramolecular Hbond substituents is 2. The minimum atomic E-state index is -2.55. The summed E-state index contributed by atoms with van der Waals surface area (Å²) in [6.07, 6.45) is -42.1. The molecule has 1 aromatic rings. The maximum atomic E-state index is 15.3. The number of ether oxygens (including phenoxy) is 22. The van der Waals surface area contributed by atoms with E-state index < -0.39 is 279 Å². The van der Waals surface area contributed by atoms with Crippen LogP contribution in [0.15, 0.2) is 23.7 Å². The molecule has 4 fully saturated rings. The average Bonchev–Trinajstić information content (AvgIpc) is 0.724. The molecule has 102 heavy (non-hydrogen) atoms. The van der Waals surface area contributed by atoms with Crippen molar-refractivity contribution < 1.29 is 191 Å². The van der Waals surface area contributed by atoms with Gasteiger partial charge in [-0.05, 0) is 12.1 Å². The van der Waals surface area contributed by atoms with Crippen molar-refractivity contribution in [1.29, 1.82) is 0 Å². The van der Waals surface area contributed by atoms with Crippen LogP contribution in [-0.4, -0.2) is 255 Å². The molecule has 1 aromatic carbocycles. The molecule has 0 bridgehead atoms. The number of phenols is 2. The minimum Gasteiger partial charge on any atom is -0.507 e. The van der Waals surface area contributed by atoms with Gasteiger partial charge in [0.2, 0.25) is 47.9 Å². The van der Waals surface area contributed by atoms with Crippen molar-refractivity contribution in [2.24, 2.45) is 0 Å². The van der Waals surface area contributed by atoms with Gasteiger partial charge in [0.15, 0.2) is 61.4 Å². The molecule has 0 radical (unpaired) electrons. The third-order valence-electron chi connectivity index (χ3n) is 14.5. The molecule has 4 saturated heterocycles. The van der Waals surface area contributed by atoms with Gasteiger partial charge in [-0.3, -0.25) is 76.7 Å². The van der Waals surface area contributed by atoms with E-state index in [2.05, 4.69) is 0 Å². The first-order chi connectivity index (χ1) is 47.8. The van der Waals surface area contributed by atoms with Crippen molar-refractivity contribution in [3.05, 3.63) is 34.8 Å². The highest BCUT2D eigenvalue weighted by atomic mass is 16.8. The van der Waals surface area contributed by atoms with Crippen LogP contribution in [0.25, 0.3) is 0 Å². The Morgan fingerprint density at radius 2 is 0.480 bits per heavy atom. The van der Waals surface area contributed by atoms with Crippen molar-refractivity contribution in [2.45, 2.75) is 220 Å². The molecule has 0 spiro atoms. The summed E-state index contributed by atoms with van der Waals surface area (Å²) in [6.45, 7) is 8.67. The number of aromatic hydroxyl groups is 2. The molecular weight excluding hydrogens is 1380 g/mol. The van der Waals surface area contributed by atoms with Crippen LogP contribution < -0.4 is 0 Å². The molecule has 0 saturated carbocycles. The van der Waals surface area contributed by atoms with Crippen LogP contribution in [0.5, 0.6) is 11.5 Å². The Morgan fingerprint density at radius 3 is 0.716 bits per heavy atom. The van der Waals surface area contributed by atoms with Crippen LogP contribution in [0.4, 0.5) is 0 Å². The second kappa shape index (κ2) is 35.4. The molecule has 20 atom stereocenters. The van der Waals surface area contributed by atoms with Gasteiger partial charge in [0.1, 0.15) is 74.6 Å². The summed E-state index contributed by atoms with van der Waals surface area (Å²) < 4.78 is 127. The van der Waals surface area contributed by atoms with Gasteiger partial charge in [0, 0.05) is 96.9 Å². The molecule has 40 heteroatoms. The van der Waals surface area contributed by atoms with Gasteiger partial charge in [-0.2, -0.15) is 0 Å². The number of hydrogen-bond donors (Lipinski definition) is 2. The highest BCUT2D eigenvalue weighted by Crippen LogP contribution is 2.44. The fourth-order valence-electron chi connectivity index (χ4n) is 11.1. The Kier molecular flexibility index (Phi) is 28.1. The number of fused-ring (bicyclic) bond motifs is 1. The highest BCUT2D eigenvalue weighted by Gasteiger charge is 2.62. The van der Waals surface area contributed by atoms with E-state index in [1.807, 2.05) is 0 Å². The van der Waals surface area contributed by atoms with Crippen LogP contribution in [0, 0.1) is 0 Å². The van der Waals surface area contributed by atoms with Crippen molar-refractivity contribution in [1.82, 2.24) is 0 Å². The predicted molar refractivity (Wildman–Crippen MR) is 314 cm³/mol. The second-order valence-corrected chi connectivity index (χ2v) is 22.7. The Hall–Kier alpha value is -10.2. The number of carbonyl (C=O) groups excluding carboxylic acids is 16. The first-order valence-electron chi connectivity index (χ1n) is 30.7. The lowest BCUT2D eigenvalue weighted by Gasteiger charge is -2.49. The molecule has 0 amide bonds. The van der Waals surface area contributed by atoms with E-state index in [1.54, 1.807) is 0 Å². The first kappa shape index (κ1) is 80.8. The summed E-state index contributed by atoms with van der Waals surface area (Å²) >= 11 is 0. The van der Waals surface area contributed by atoms with Gasteiger partial charge in [0.25, 0.3) is 0 Å². The smallest absolute Gasteiger partial charge is 0.303 e. The van der Waals surface area contributed by atoms with E-state index in [9.17, 15) is 77.3 Å². The third-order valence-corrected chi connectivity index (χ3v) is 14.5. The second-order valence-electron chi connectivity index (χ2n) is 22.7. The van der Waals surface area contributed by atoms with Crippen molar-refractivity contribution in [3.63, 3.8) is 0 Å². The molecule has 0 aromatic heterocycles. The molecule has 40 nitrogen and oxygen atoms in total. The summed E-state index contributed by atoms with van der Waals surface area (Å²) in [7, 11) is 0. The molecule has 562 valence electrons. The lowest BCUT2D eigenvalue weighted by molar-refractivity contribution is -0.360. The largest absolute Gasteiger partial charge is 0.507 e. The van der Waals surface area contributed by atoms with Gasteiger partial charge >= 0.3 is 83.6 Å². The van der Waals surface area contributed by atoms with Crippen LogP contribution >= 0.6 is 0 Å². The monoisotopic (exact) mass is 1460 g/mol. The zero-order valence-corrected chi connectivity index (χ0v) is 56.9. The van der Waals surface area contributed by atoms with Crippen molar-refractivity contribution >= 4 is 95.1 Å². The Labute approximate surface area is 577 Å². The quantitative estimate of drug-likeness (QED) is 0.0635. The maximum absolute atomic E-state index is 15.3. The zero-order valence-electron chi connectivity index (χ0n) is 56.9. The summed E-state index contributed by atoms with van der Waals surface area (Å²) in [4.78, 5) is 211. The van der Waals surface area contributed by atoms with E-state index in [0.717, 1.165) is 109 Å². The fraction of sp³-hybridized carbons (Fsp3) is 0.613. The van der Waals surface area contributed by atoms with Crippen molar-refractivity contribution in [3.8, 4) is 11.5 Å². The predicted octanol–water partition coefficient (Wildman–Crippen LogP) is -1.04. The number of Topliss-reactive ketones (excluding diaryl/α,β-unsaturated/α-hetero) is 2. The summed E-state index contributed by atoms with van der Waals surface area (Å²) in [5.41, 5.74) is -2.10. The van der Waals surface area contributed by atoms with Gasteiger partial charge in [-0.1, -0.05) is 0 Å². The molecule has 20 unspecified atom stereocenters. The molecule has 4 aliphatic heterocycles. The van der Waals surface area contributed by atoms with E-state index in [0.29, 0.717) is 0 Å². The molecule has 5 aliphatic rings. The minimum absolute atomic E-state index is 0.749. The Bertz CT molecular complexity index is 3230. The first-order valence-corrected chi connectivity index (χ1v) is 30.7. The van der Waals surface area contributed by atoms with Crippen LogP contribution in [0.2, 0.25) is 0 Å². The van der Waals surface area contributed by atoms with E-state index in [1.165, 1.54) is 0 Å². The lowest BCUT2D eigenvalue weighted by atomic mass is 9.90. The number of ketones is 2. The molecule has 2 N–H and O–H groups in total. The van der Waals surface area contributed by atoms with Gasteiger partial charge in [-0.15, -0.1) is 0 Å². The normalized spacial score (nSPS) is 29.6. The highest BCUT2D eigenvalue weighted by molar-refractivity contribution is 6.27. The number of allylic oxidation sites excluding steroid dienone is 2. The number of carbonyl (C=O) groups is 16. The SMILES string of the molecule is CC(=O)OCC1OC(OC2C(COC(C)=O)OC(OC3=C(OC4OC(COC(C)=O)C(OC5OC(COC(C)=O)C(OC(C)=O)C(OC(C)=O)C5OC(C)=O)C(OC(C)=O)C4OC(C)=O)C(=O)c4c(O)ccc(O)c4C3=O)C(OC(C)=O)C2OC(C)=O)C(OC(C)=O)C(OC(C)=O)C1OC(C)=O. The summed E-state index contributed by atoms with van der Waals surface area (Å²) in [5, 5.41) is 22.6. The topological polar surface area (TPSA) is 517 Å². The number of benzene rings is 1. The fourth-order valence-corrected chi connectivity index (χ4v) is 11.1. The van der Waals surface area contributed by atoms with E-state index in [4.69, 9.17) is 104 Å². The summed E-state index contributed by atoms with van der Waals surface area (Å²) in [6, 6.07) is 1.50. The molecule has 4 heterocycles. The summed E-state index contributed by atoms with van der Waals surface area (Å²) in [5.74, 6) is -23.9. The lowest BCUT2D eigenvalue weighted by Crippen LogP contribution is -2.67. The number of esters is 14. The molecule has 1 aliphatic carbocycles. The average molecular weight is 1460 g/mol. The van der Waals surface area contributed by atoms with Crippen LogP contribution in [-0.2, 0) is 171 Å². The van der Waals surface area contributed by atoms with Crippen molar-refractivity contribution in [2.75, 3.05) is 26.4 Å². The number of hydrogen-bond acceptors (Lipinski definition) is 40.